The maximum Gasteiger partial charge on any atom is 0.260 e. The lowest BCUT2D eigenvalue weighted by Crippen LogP contribution is -2.35. The minimum absolute atomic E-state index is 0.0107. The van der Waals surface area contributed by atoms with Gasteiger partial charge in [0.25, 0.3) is 5.91 Å². The monoisotopic (exact) mass is 324 g/mol. The van der Waals surface area contributed by atoms with Gasteiger partial charge in [-0.1, -0.05) is 49.4 Å². The van der Waals surface area contributed by atoms with E-state index in [0.29, 0.717) is 13.1 Å². The molecule has 4 nitrogen and oxygen atoms in total. The Hall–Kier alpha value is -2.33. The predicted molar refractivity (Wildman–Crippen MR) is 95.1 cm³/mol. The summed E-state index contributed by atoms with van der Waals surface area (Å²) in [5.41, 5.74) is 8.69. The average Bonchev–Trinajstić information content (AvgIpc) is 3.02. The van der Waals surface area contributed by atoms with E-state index in [1.165, 1.54) is 11.1 Å². The van der Waals surface area contributed by atoms with Gasteiger partial charge in [0.05, 0.1) is 0 Å². The molecule has 2 N–H and O–H groups in total. The van der Waals surface area contributed by atoms with Crippen molar-refractivity contribution in [2.75, 3.05) is 19.7 Å². The van der Waals surface area contributed by atoms with Crippen LogP contribution in [0, 0.1) is 0 Å². The zero-order valence-electron chi connectivity index (χ0n) is 14.0. The summed E-state index contributed by atoms with van der Waals surface area (Å²) >= 11 is 0. The van der Waals surface area contributed by atoms with Crippen molar-refractivity contribution in [3.8, 4) is 5.75 Å². The van der Waals surface area contributed by atoms with Crippen LogP contribution in [0.3, 0.4) is 0 Å². The maximum absolute atomic E-state index is 12.4. The molecule has 3 rings (SSSR count). The number of hydrogen-bond donors (Lipinski definition) is 1. The number of ether oxygens (including phenoxy) is 1. The molecule has 24 heavy (non-hydrogen) atoms. The fourth-order valence-corrected chi connectivity index (χ4v) is 3.14. The molecule has 2 aromatic rings. The van der Waals surface area contributed by atoms with Gasteiger partial charge < -0.3 is 15.4 Å². The van der Waals surface area contributed by atoms with E-state index in [4.69, 9.17) is 10.5 Å². The maximum atomic E-state index is 12.4. The standard InChI is InChI=1S/C20H24N2O2/c1-2-15-8-10-17(11-9-15)24-14-20(23)22-12-18(19(21)13-22)16-6-4-3-5-7-16/h3-11,18-19H,2,12-14,21H2,1H3/t18-,19+/m0/s1. The first kappa shape index (κ1) is 16.5. The molecule has 2 aromatic carbocycles. The highest BCUT2D eigenvalue weighted by atomic mass is 16.5. The summed E-state index contributed by atoms with van der Waals surface area (Å²) in [5, 5.41) is 0. The summed E-state index contributed by atoms with van der Waals surface area (Å²) < 4.78 is 5.62. The predicted octanol–water partition coefficient (Wildman–Crippen LogP) is 2.58. The highest BCUT2D eigenvalue weighted by molar-refractivity contribution is 5.78. The van der Waals surface area contributed by atoms with Crippen molar-refractivity contribution < 1.29 is 9.53 Å². The molecular formula is C20H24N2O2. The number of carbonyl (C=O) groups excluding carboxylic acids is 1. The van der Waals surface area contributed by atoms with Crippen molar-refractivity contribution in [3.05, 3.63) is 65.7 Å². The molecular weight excluding hydrogens is 300 g/mol. The Morgan fingerprint density at radius 2 is 1.83 bits per heavy atom. The first-order valence-corrected chi connectivity index (χ1v) is 8.47. The second kappa shape index (κ2) is 7.49. The Bertz CT molecular complexity index is 670. The first-order valence-electron chi connectivity index (χ1n) is 8.47. The van der Waals surface area contributed by atoms with Gasteiger partial charge in [0.1, 0.15) is 5.75 Å². The number of hydrogen-bond acceptors (Lipinski definition) is 3. The second-order valence-electron chi connectivity index (χ2n) is 6.27. The van der Waals surface area contributed by atoms with Crippen LogP contribution in [0.1, 0.15) is 24.0 Å². The van der Waals surface area contributed by atoms with E-state index in [1.54, 1.807) is 0 Å². The Kier molecular flexibility index (Phi) is 5.16. The molecule has 0 radical (unpaired) electrons. The zero-order chi connectivity index (χ0) is 16.9. The summed E-state index contributed by atoms with van der Waals surface area (Å²) in [4.78, 5) is 14.2. The van der Waals surface area contributed by atoms with Gasteiger partial charge in [-0.05, 0) is 29.7 Å². The molecule has 126 valence electrons. The fourth-order valence-electron chi connectivity index (χ4n) is 3.14. The molecule has 0 spiro atoms. The highest BCUT2D eigenvalue weighted by Crippen LogP contribution is 2.26. The van der Waals surface area contributed by atoms with E-state index in [1.807, 2.05) is 47.4 Å². The molecule has 1 amide bonds. The van der Waals surface area contributed by atoms with Gasteiger partial charge in [-0.3, -0.25) is 4.79 Å². The van der Waals surface area contributed by atoms with Crippen LogP contribution in [0.5, 0.6) is 5.75 Å². The van der Waals surface area contributed by atoms with Crippen molar-refractivity contribution >= 4 is 5.91 Å². The summed E-state index contributed by atoms with van der Waals surface area (Å²) in [6.07, 6.45) is 0.992. The van der Waals surface area contributed by atoms with Crippen LogP contribution in [-0.2, 0) is 11.2 Å². The number of carbonyl (C=O) groups is 1. The average molecular weight is 324 g/mol. The smallest absolute Gasteiger partial charge is 0.260 e. The van der Waals surface area contributed by atoms with Crippen LogP contribution in [0.25, 0.3) is 0 Å². The quantitative estimate of drug-likeness (QED) is 0.920. The molecule has 4 heteroatoms. The molecule has 0 unspecified atom stereocenters. The number of amides is 1. The first-order chi connectivity index (χ1) is 11.7. The summed E-state index contributed by atoms with van der Waals surface area (Å²) in [6, 6.07) is 18.0. The minimum Gasteiger partial charge on any atom is -0.484 e. The lowest BCUT2D eigenvalue weighted by molar-refractivity contribution is -0.132. The van der Waals surface area contributed by atoms with E-state index in [0.717, 1.165) is 12.2 Å². The summed E-state index contributed by atoms with van der Waals surface area (Å²) in [6.45, 7) is 3.40. The second-order valence-corrected chi connectivity index (χ2v) is 6.27. The van der Waals surface area contributed by atoms with Gasteiger partial charge >= 0.3 is 0 Å². The van der Waals surface area contributed by atoms with Crippen molar-refractivity contribution in [2.24, 2.45) is 5.73 Å². The van der Waals surface area contributed by atoms with Gasteiger partial charge in [0, 0.05) is 25.0 Å². The number of benzene rings is 2. The van der Waals surface area contributed by atoms with Crippen LogP contribution in [-0.4, -0.2) is 36.5 Å². The molecule has 1 heterocycles. The van der Waals surface area contributed by atoms with Gasteiger partial charge in [-0.25, -0.2) is 0 Å². The van der Waals surface area contributed by atoms with E-state index in [-0.39, 0.29) is 24.5 Å². The summed E-state index contributed by atoms with van der Waals surface area (Å²) in [5.74, 6) is 0.908. The minimum atomic E-state index is -0.0276. The topological polar surface area (TPSA) is 55.6 Å². The number of aryl methyl sites for hydroxylation is 1. The third-order valence-corrected chi connectivity index (χ3v) is 4.64. The lowest BCUT2D eigenvalue weighted by Gasteiger charge is -2.17. The van der Waals surface area contributed by atoms with Crippen LogP contribution >= 0.6 is 0 Å². The Balaban J connectivity index is 1.55. The Morgan fingerprint density at radius 3 is 2.50 bits per heavy atom. The molecule has 0 aromatic heterocycles. The molecule has 0 saturated carbocycles. The third kappa shape index (κ3) is 3.77. The lowest BCUT2D eigenvalue weighted by atomic mass is 9.95. The van der Waals surface area contributed by atoms with E-state index >= 15 is 0 Å². The van der Waals surface area contributed by atoms with Crippen molar-refractivity contribution in [1.29, 1.82) is 0 Å². The van der Waals surface area contributed by atoms with Crippen LogP contribution in [0.4, 0.5) is 0 Å². The van der Waals surface area contributed by atoms with Gasteiger partial charge in [-0.2, -0.15) is 0 Å². The third-order valence-electron chi connectivity index (χ3n) is 4.64. The van der Waals surface area contributed by atoms with Crippen LogP contribution < -0.4 is 10.5 Å². The van der Waals surface area contributed by atoms with Gasteiger partial charge in [0.15, 0.2) is 6.61 Å². The van der Waals surface area contributed by atoms with Gasteiger partial charge in [0.2, 0.25) is 0 Å². The van der Waals surface area contributed by atoms with Crippen LogP contribution in [0.15, 0.2) is 54.6 Å². The normalized spacial score (nSPS) is 20.2. The molecule has 0 bridgehead atoms. The summed E-state index contributed by atoms with van der Waals surface area (Å²) in [7, 11) is 0. The van der Waals surface area contributed by atoms with Gasteiger partial charge in [-0.15, -0.1) is 0 Å². The van der Waals surface area contributed by atoms with E-state index in [2.05, 4.69) is 19.1 Å². The van der Waals surface area contributed by atoms with E-state index < -0.39 is 0 Å². The number of nitrogens with zero attached hydrogens (tertiary/aromatic N) is 1. The van der Waals surface area contributed by atoms with E-state index in [9.17, 15) is 4.79 Å². The zero-order valence-corrected chi connectivity index (χ0v) is 14.0. The Morgan fingerprint density at radius 1 is 1.12 bits per heavy atom. The number of nitrogens with two attached hydrogens (primary N) is 1. The molecule has 0 aliphatic carbocycles. The molecule has 1 aliphatic rings. The molecule has 1 saturated heterocycles. The fraction of sp³-hybridized carbons (Fsp3) is 0.350. The van der Waals surface area contributed by atoms with Crippen molar-refractivity contribution in [2.45, 2.75) is 25.3 Å². The molecule has 2 atom stereocenters. The molecule has 1 aliphatic heterocycles. The number of rotatable bonds is 5. The molecule has 1 fully saturated rings. The Labute approximate surface area is 143 Å². The SMILES string of the molecule is CCc1ccc(OCC(=O)N2C[C@@H](N)[C@H](c3ccccc3)C2)cc1. The van der Waals surface area contributed by atoms with Crippen molar-refractivity contribution in [3.63, 3.8) is 0 Å². The van der Waals surface area contributed by atoms with Crippen LogP contribution in [0.2, 0.25) is 0 Å². The van der Waals surface area contributed by atoms with Crippen molar-refractivity contribution in [1.82, 2.24) is 4.90 Å². The number of likely N-dealkylation sites (tertiary alicyclic amines) is 1. The highest BCUT2D eigenvalue weighted by Gasteiger charge is 2.33. The largest absolute Gasteiger partial charge is 0.484 e.